The second kappa shape index (κ2) is 3.78. The van der Waals surface area contributed by atoms with Crippen LogP contribution in [-0.4, -0.2) is 26.7 Å². The van der Waals surface area contributed by atoms with Crippen LogP contribution in [0.15, 0.2) is 18.2 Å². The molecule has 0 unspecified atom stereocenters. The van der Waals surface area contributed by atoms with Crippen molar-refractivity contribution < 1.29 is 4.74 Å². The van der Waals surface area contributed by atoms with Crippen LogP contribution in [-0.2, 0) is 0 Å². The third-order valence-electron chi connectivity index (χ3n) is 2.62. The normalized spacial score (nSPS) is 14.6. The van der Waals surface area contributed by atoms with Gasteiger partial charge in [0.1, 0.15) is 5.75 Å². The molecule has 3 heteroatoms. The molecule has 0 saturated heterocycles. The minimum atomic E-state index is 0.911. The highest BCUT2D eigenvalue weighted by Crippen LogP contribution is 2.32. The Kier molecular flexibility index (Phi) is 2.48. The smallest absolute Gasteiger partial charge is 0.121 e. The fourth-order valence-electron chi connectivity index (χ4n) is 1.83. The monoisotopic (exact) mass is 192 g/mol. The molecule has 0 spiro atoms. The van der Waals surface area contributed by atoms with Crippen molar-refractivity contribution in [1.29, 1.82) is 0 Å². The quantitative estimate of drug-likeness (QED) is 0.775. The van der Waals surface area contributed by atoms with Crippen LogP contribution in [0.1, 0.15) is 6.92 Å². The number of fused-ring (bicyclic) bond motifs is 1. The molecule has 0 fully saturated rings. The van der Waals surface area contributed by atoms with Crippen molar-refractivity contribution in [3.8, 4) is 5.75 Å². The summed E-state index contributed by atoms with van der Waals surface area (Å²) >= 11 is 0. The molecule has 1 aliphatic heterocycles. The highest BCUT2D eigenvalue weighted by Gasteiger charge is 2.14. The van der Waals surface area contributed by atoms with Gasteiger partial charge in [0, 0.05) is 25.7 Å². The van der Waals surface area contributed by atoms with Crippen molar-refractivity contribution in [3.05, 3.63) is 18.2 Å². The predicted molar refractivity (Wildman–Crippen MR) is 59.4 cm³/mol. The lowest BCUT2D eigenvalue weighted by atomic mass is 10.2. The van der Waals surface area contributed by atoms with E-state index in [2.05, 4.69) is 29.3 Å². The molecule has 0 aromatic heterocycles. The third-order valence-corrected chi connectivity index (χ3v) is 2.62. The second-order valence-electron chi connectivity index (χ2n) is 3.39. The van der Waals surface area contributed by atoms with Crippen LogP contribution in [0.5, 0.6) is 5.75 Å². The first-order valence-corrected chi connectivity index (χ1v) is 5.02. The molecule has 1 aromatic rings. The molecule has 3 nitrogen and oxygen atoms in total. The Labute approximate surface area is 84.7 Å². The van der Waals surface area contributed by atoms with E-state index in [9.17, 15) is 0 Å². The summed E-state index contributed by atoms with van der Waals surface area (Å²) < 4.78 is 5.19. The highest BCUT2D eigenvalue weighted by atomic mass is 16.5. The lowest BCUT2D eigenvalue weighted by Gasteiger charge is -2.31. The number of hydrogen-bond donors (Lipinski definition) is 1. The fraction of sp³-hybridized carbons (Fsp3) is 0.455. The van der Waals surface area contributed by atoms with E-state index in [1.54, 1.807) is 7.11 Å². The number of methoxy groups -OCH3 is 1. The van der Waals surface area contributed by atoms with Gasteiger partial charge in [-0.3, -0.25) is 0 Å². The van der Waals surface area contributed by atoms with Gasteiger partial charge in [0.2, 0.25) is 0 Å². The Balaban J connectivity index is 2.35. The molecule has 76 valence electrons. The van der Waals surface area contributed by atoms with E-state index in [0.717, 1.165) is 25.4 Å². The Morgan fingerprint density at radius 1 is 1.50 bits per heavy atom. The van der Waals surface area contributed by atoms with Gasteiger partial charge in [-0.25, -0.2) is 0 Å². The molecule has 1 aliphatic rings. The molecule has 0 saturated carbocycles. The molecule has 1 heterocycles. The molecule has 2 rings (SSSR count). The van der Waals surface area contributed by atoms with Gasteiger partial charge in [-0.1, -0.05) is 0 Å². The molecule has 14 heavy (non-hydrogen) atoms. The van der Waals surface area contributed by atoms with E-state index < -0.39 is 0 Å². The molecule has 1 aromatic carbocycles. The van der Waals surface area contributed by atoms with Gasteiger partial charge in [-0.05, 0) is 19.1 Å². The lowest BCUT2D eigenvalue weighted by molar-refractivity contribution is 0.415. The maximum absolute atomic E-state index is 5.19. The number of hydrogen-bond acceptors (Lipinski definition) is 3. The summed E-state index contributed by atoms with van der Waals surface area (Å²) in [5.74, 6) is 0.911. The summed E-state index contributed by atoms with van der Waals surface area (Å²) in [6, 6.07) is 6.18. The Morgan fingerprint density at radius 3 is 3.07 bits per heavy atom. The predicted octanol–water partition coefficient (Wildman–Crippen LogP) is 1.95. The Morgan fingerprint density at radius 2 is 2.36 bits per heavy atom. The largest absolute Gasteiger partial charge is 0.497 e. The first-order valence-electron chi connectivity index (χ1n) is 5.02. The maximum Gasteiger partial charge on any atom is 0.121 e. The average molecular weight is 192 g/mol. The maximum atomic E-state index is 5.19. The van der Waals surface area contributed by atoms with Crippen LogP contribution < -0.4 is 15.0 Å². The van der Waals surface area contributed by atoms with Crippen LogP contribution >= 0.6 is 0 Å². The van der Waals surface area contributed by atoms with Gasteiger partial charge < -0.3 is 15.0 Å². The molecular formula is C11H16N2O. The first kappa shape index (κ1) is 9.19. The zero-order valence-electron chi connectivity index (χ0n) is 8.71. The van der Waals surface area contributed by atoms with Crippen molar-refractivity contribution in [2.24, 2.45) is 0 Å². The Bertz CT molecular complexity index is 325. The molecule has 1 N–H and O–H groups in total. The number of rotatable bonds is 2. The van der Waals surface area contributed by atoms with Crippen LogP contribution in [0.3, 0.4) is 0 Å². The minimum Gasteiger partial charge on any atom is -0.497 e. The van der Waals surface area contributed by atoms with E-state index in [0.29, 0.717) is 0 Å². The lowest BCUT2D eigenvalue weighted by Crippen LogP contribution is -2.33. The summed E-state index contributed by atoms with van der Waals surface area (Å²) in [6.45, 7) is 5.32. The van der Waals surface area contributed by atoms with Gasteiger partial charge in [0.05, 0.1) is 18.5 Å². The molecule has 0 radical (unpaired) electrons. The molecule has 0 amide bonds. The number of anilines is 2. The molecule has 0 atom stereocenters. The second-order valence-corrected chi connectivity index (χ2v) is 3.39. The van der Waals surface area contributed by atoms with Crippen LogP contribution in [0.4, 0.5) is 11.4 Å². The van der Waals surface area contributed by atoms with E-state index >= 15 is 0 Å². The Hall–Kier alpha value is -1.38. The van der Waals surface area contributed by atoms with Crippen LogP contribution in [0, 0.1) is 0 Å². The molecule has 0 aliphatic carbocycles. The first-order chi connectivity index (χ1) is 6.85. The summed E-state index contributed by atoms with van der Waals surface area (Å²) in [4.78, 5) is 2.37. The summed E-state index contributed by atoms with van der Waals surface area (Å²) in [6.07, 6.45) is 0. The summed E-state index contributed by atoms with van der Waals surface area (Å²) in [5, 5.41) is 3.38. The number of benzene rings is 1. The number of nitrogens with zero attached hydrogens (tertiary/aromatic N) is 1. The zero-order chi connectivity index (χ0) is 9.97. The molecule has 0 bridgehead atoms. The van der Waals surface area contributed by atoms with Gasteiger partial charge in [-0.2, -0.15) is 0 Å². The van der Waals surface area contributed by atoms with Crippen molar-refractivity contribution >= 4 is 11.4 Å². The third kappa shape index (κ3) is 1.50. The van der Waals surface area contributed by atoms with Crippen molar-refractivity contribution in [2.45, 2.75) is 6.92 Å². The van der Waals surface area contributed by atoms with E-state index in [1.165, 1.54) is 11.4 Å². The van der Waals surface area contributed by atoms with Crippen molar-refractivity contribution in [1.82, 2.24) is 0 Å². The standard InChI is InChI=1S/C11H16N2O/c1-3-13-7-6-12-10-8-9(14-2)4-5-11(10)13/h4-5,8,12H,3,6-7H2,1-2H3. The zero-order valence-corrected chi connectivity index (χ0v) is 8.71. The van der Waals surface area contributed by atoms with Gasteiger partial charge in [0.15, 0.2) is 0 Å². The van der Waals surface area contributed by atoms with E-state index in [4.69, 9.17) is 4.74 Å². The SMILES string of the molecule is CCN1CCNc2cc(OC)ccc21. The van der Waals surface area contributed by atoms with Crippen LogP contribution in [0.25, 0.3) is 0 Å². The number of ether oxygens (including phenoxy) is 1. The highest BCUT2D eigenvalue weighted by molar-refractivity contribution is 5.73. The molecular weight excluding hydrogens is 176 g/mol. The summed E-state index contributed by atoms with van der Waals surface area (Å²) in [5.41, 5.74) is 2.46. The van der Waals surface area contributed by atoms with E-state index in [1.807, 2.05) is 6.07 Å². The van der Waals surface area contributed by atoms with Crippen molar-refractivity contribution in [3.63, 3.8) is 0 Å². The van der Waals surface area contributed by atoms with Crippen molar-refractivity contribution in [2.75, 3.05) is 37.0 Å². The average Bonchev–Trinajstić information content (AvgIpc) is 2.27. The van der Waals surface area contributed by atoms with Gasteiger partial charge in [0.25, 0.3) is 0 Å². The number of nitrogens with one attached hydrogen (secondary N) is 1. The number of likely N-dealkylation sites (N-methyl/N-ethyl adjacent to an activating group) is 1. The summed E-state index contributed by atoms with van der Waals surface area (Å²) in [7, 11) is 1.70. The van der Waals surface area contributed by atoms with Gasteiger partial charge >= 0.3 is 0 Å². The fourth-order valence-corrected chi connectivity index (χ4v) is 1.83. The topological polar surface area (TPSA) is 24.5 Å². The van der Waals surface area contributed by atoms with E-state index in [-0.39, 0.29) is 0 Å². The van der Waals surface area contributed by atoms with Gasteiger partial charge in [-0.15, -0.1) is 0 Å². The minimum absolute atomic E-state index is 0.911. The van der Waals surface area contributed by atoms with Crippen LogP contribution in [0.2, 0.25) is 0 Å².